The summed E-state index contributed by atoms with van der Waals surface area (Å²) in [5.74, 6) is 0.278. The standard InChI is InChI=1S/C10H19NO2/c1-3-5-10(12)11-6-4-7-13-9(2)8-11/h9H,3-8H2,1-2H3. The highest BCUT2D eigenvalue weighted by Gasteiger charge is 2.18. The minimum absolute atomic E-state index is 0.198. The normalized spacial score (nSPS) is 24.2. The summed E-state index contributed by atoms with van der Waals surface area (Å²) in [6.45, 7) is 6.48. The molecule has 1 amide bonds. The van der Waals surface area contributed by atoms with Crippen LogP contribution in [0.5, 0.6) is 0 Å². The number of rotatable bonds is 2. The van der Waals surface area contributed by atoms with Gasteiger partial charge in [0, 0.05) is 26.1 Å². The van der Waals surface area contributed by atoms with Crippen molar-refractivity contribution in [2.24, 2.45) is 0 Å². The first kappa shape index (κ1) is 10.5. The fourth-order valence-electron chi connectivity index (χ4n) is 1.59. The van der Waals surface area contributed by atoms with E-state index in [-0.39, 0.29) is 12.0 Å². The van der Waals surface area contributed by atoms with E-state index in [9.17, 15) is 4.79 Å². The maximum atomic E-state index is 11.6. The quantitative estimate of drug-likeness (QED) is 0.651. The Balaban J connectivity index is 2.42. The van der Waals surface area contributed by atoms with Crippen molar-refractivity contribution in [3.63, 3.8) is 0 Å². The van der Waals surface area contributed by atoms with Gasteiger partial charge < -0.3 is 9.64 Å². The molecule has 1 saturated heterocycles. The molecule has 1 atom stereocenters. The third-order valence-corrected chi connectivity index (χ3v) is 2.27. The van der Waals surface area contributed by atoms with Gasteiger partial charge in [-0.3, -0.25) is 4.79 Å². The van der Waals surface area contributed by atoms with Crippen LogP contribution in [0, 0.1) is 0 Å². The Morgan fingerprint density at radius 2 is 2.38 bits per heavy atom. The number of amides is 1. The highest BCUT2D eigenvalue weighted by Crippen LogP contribution is 2.07. The molecule has 0 spiro atoms. The number of hydrogen-bond donors (Lipinski definition) is 0. The average Bonchev–Trinajstić information content (AvgIpc) is 2.30. The smallest absolute Gasteiger partial charge is 0.222 e. The molecular weight excluding hydrogens is 166 g/mol. The van der Waals surface area contributed by atoms with Crippen molar-refractivity contribution in [2.75, 3.05) is 19.7 Å². The molecule has 1 unspecified atom stereocenters. The summed E-state index contributed by atoms with van der Waals surface area (Å²) in [5.41, 5.74) is 0. The molecule has 0 bridgehead atoms. The molecule has 0 saturated carbocycles. The van der Waals surface area contributed by atoms with Gasteiger partial charge in [-0.25, -0.2) is 0 Å². The Morgan fingerprint density at radius 3 is 3.08 bits per heavy atom. The van der Waals surface area contributed by atoms with Gasteiger partial charge in [-0.15, -0.1) is 0 Å². The molecule has 1 fully saturated rings. The van der Waals surface area contributed by atoms with Crippen molar-refractivity contribution >= 4 is 5.91 Å². The molecule has 0 N–H and O–H groups in total. The molecule has 13 heavy (non-hydrogen) atoms. The van der Waals surface area contributed by atoms with Crippen molar-refractivity contribution in [3.05, 3.63) is 0 Å². The summed E-state index contributed by atoms with van der Waals surface area (Å²) < 4.78 is 5.47. The Hall–Kier alpha value is -0.570. The van der Waals surface area contributed by atoms with Crippen LogP contribution in [0.4, 0.5) is 0 Å². The monoisotopic (exact) mass is 185 g/mol. The Kier molecular flexibility index (Phi) is 4.22. The second kappa shape index (κ2) is 5.22. The van der Waals surface area contributed by atoms with Crippen LogP contribution in [0.15, 0.2) is 0 Å². The molecule has 1 rings (SSSR count). The van der Waals surface area contributed by atoms with E-state index in [1.54, 1.807) is 0 Å². The van der Waals surface area contributed by atoms with Crippen molar-refractivity contribution in [1.29, 1.82) is 0 Å². The maximum absolute atomic E-state index is 11.6. The summed E-state index contributed by atoms with van der Waals surface area (Å²) in [4.78, 5) is 13.5. The minimum atomic E-state index is 0.198. The molecule has 3 nitrogen and oxygen atoms in total. The van der Waals surface area contributed by atoms with E-state index in [0.717, 1.165) is 32.5 Å². The van der Waals surface area contributed by atoms with E-state index in [0.29, 0.717) is 6.42 Å². The van der Waals surface area contributed by atoms with Gasteiger partial charge in [0.05, 0.1) is 6.10 Å². The van der Waals surface area contributed by atoms with Crippen LogP contribution in [0.3, 0.4) is 0 Å². The Labute approximate surface area is 80.1 Å². The second-order valence-electron chi connectivity index (χ2n) is 3.62. The Bertz CT molecular complexity index is 170. The molecule has 1 heterocycles. The van der Waals surface area contributed by atoms with Gasteiger partial charge in [-0.05, 0) is 19.8 Å². The lowest BCUT2D eigenvalue weighted by Gasteiger charge is -2.21. The molecule has 0 aliphatic carbocycles. The molecule has 0 aromatic rings. The largest absolute Gasteiger partial charge is 0.377 e. The molecular formula is C10H19NO2. The zero-order valence-corrected chi connectivity index (χ0v) is 8.58. The van der Waals surface area contributed by atoms with Crippen LogP contribution in [-0.4, -0.2) is 36.6 Å². The molecule has 1 aliphatic rings. The molecule has 0 aromatic carbocycles. The number of carbonyl (C=O) groups excluding carboxylic acids is 1. The van der Waals surface area contributed by atoms with Gasteiger partial charge in [0.25, 0.3) is 0 Å². The third-order valence-electron chi connectivity index (χ3n) is 2.27. The third kappa shape index (κ3) is 3.35. The first-order valence-corrected chi connectivity index (χ1v) is 5.13. The van der Waals surface area contributed by atoms with Gasteiger partial charge in [-0.1, -0.05) is 6.92 Å². The lowest BCUT2D eigenvalue weighted by atomic mass is 10.2. The van der Waals surface area contributed by atoms with E-state index < -0.39 is 0 Å². The van der Waals surface area contributed by atoms with Crippen LogP contribution in [-0.2, 0) is 9.53 Å². The van der Waals surface area contributed by atoms with Gasteiger partial charge >= 0.3 is 0 Å². The van der Waals surface area contributed by atoms with Gasteiger partial charge in [0.1, 0.15) is 0 Å². The zero-order chi connectivity index (χ0) is 9.68. The number of carbonyl (C=O) groups is 1. The van der Waals surface area contributed by atoms with E-state index in [1.165, 1.54) is 0 Å². The van der Waals surface area contributed by atoms with E-state index in [2.05, 4.69) is 0 Å². The van der Waals surface area contributed by atoms with E-state index >= 15 is 0 Å². The fourth-order valence-corrected chi connectivity index (χ4v) is 1.59. The molecule has 3 heteroatoms. The van der Waals surface area contributed by atoms with E-state index in [4.69, 9.17) is 4.74 Å². The summed E-state index contributed by atoms with van der Waals surface area (Å²) in [6, 6.07) is 0. The van der Waals surface area contributed by atoms with Crippen molar-refractivity contribution in [3.8, 4) is 0 Å². The topological polar surface area (TPSA) is 29.5 Å². The zero-order valence-electron chi connectivity index (χ0n) is 8.58. The highest BCUT2D eigenvalue weighted by molar-refractivity contribution is 5.76. The summed E-state index contributed by atoms with van der Waals surface area (Å²) >= 11 is 0. The maximum Gasteiger partial charge on any atom is 0.222 e. The first-order chi connectivity index (χ1) is 6.24. The minimum Gasteiger partial charge on any atom is -0.377 e. The molecule has 0 aromatic heterocycles. The van der Waals surface area contributed by atoms with Crippen LogP contribution < -0.4 is 0 Å². The lowest BCUT2D eigenvalue weighted by molar-refractivity contribution is -0.131. The fraction of sp³-hybridized carbons (Fsp3) is 0.900. The Morgan fingerprint density at radius 1 is 1.62 bits per heavy atom. The van der Waals surface area contributed by atoms with Crippen molar-refractivity contribution < 1.29 is 9.53 Å². The first-order valence-electron chi connectivity index (χ1n) is 5.13. The molecule has 1 aliphatic heterocycles. The second-order valence-corrected chi connectivity index (χ2v) is 3.62. The predicted molar refractivity (Wildman–Crippen MR) is 51.5 cm³/mol. The van der Waals surface area contributed by atoms with Gasteiger partial charge in [-0.2, -0.15) is 0 Å². The van der Waals surface area contributed by atoms with Crippen molar-refractivity contribution in [1.82, 2.24) is 4.90 Å². The predicted octanol–water partition coefficient (Wildman–Crippen LogP) is 1.42. The summed E-state index contributed by atoms with van der Waals surface area (Å²) in [7, 11) is 0. The lowest BCUT2D eigenvalue weighted by Crippen LogP contribution is -2.35. The summed E-state index contributed by atoms with van der Waals surface area (Å²) in [6.07, 6.45) is 2.78. The van der Waals surface area contributed by atoms with Gasteiger partial charge in [0.2, 0.25) is 5.91 Å². The molecule has 76 valence electrons. The van der Waals surface area contributed by atoms with Crippen molar-refractivity contribution in [2.45, 2.75) is 39.2 Å². The van der Waals surface area contributed by atoms with Gasteiger partial charge in [0.15, 0.2) is 0 Å². The highest BCUT2D eigenvalue weighted by atomic mass is 16.5. The number of nitrogens with zero attached hydrogens (tertiary/aromatic N) is 1. The molecule has 0 radical (unpaired) electrons. The average molecular weight is 185 g/mol. The van der Waals surface area contributed by atoms with Crippen LogP contribution in [0.2, 0.25) is 0 Å². The van der Waals surface area contributed by atoms with Crippen LogP contribution >= 0.6 is 0 Å². The number of ether oxygens (including phenoxy) is 1. The van der Waals surface area contributed by atoms with Crippen LogP contribution in [0.1, 0.15) is 33.1 Å². The van der Waals surface area contributed by atoms with Crippen LogP contribution in [0.25, 0.3) is 0 Å². The number of hydrogen-bond acceptors (Lipinski definition) is 2. The summed E-state index contributed by atoms with van der Waals surface area (Å²) in [5, 5.41) is 0. The SMILES string of the molecule is CCCC(=O)N1CCCOC(C)C1. The van der Waals surface area contributed by atoms with E-state index in [1.807, 2.05) is 18.7 Å².